The zero-order valence-corrected chi connectivity index (χ0v) is 16.6. The van der Waals surface area contributed by atoms with Crippen molar-refractivity contribution in [2.45, 2.75) is 98.0 Å². The Hall–Kier alpha value is -0.0400. The van der Waals surface area contributed by atoms with Crippen LogP contribution in [0.3, 0.4) is 0 Å². The standard InChI is InChI=1S/C23H40O/c1-5-15(2)19-8-9-20-18-7-6-16-14-17(24)10-12-22(16,3)21(18)11-13-23(19,20)4/h15-21,24H,5-14H2,1-4H3/t15-,16?,17?,18?,19?,20?,21?,22?,23?/m1/s1. The molecule has 4 aliphatic carbocycles. The zero-order chi connectivity index (χ0) is 17.1. The minimum absolute atomic E-state index is 0.00486. The van der Waals surface area contributed by atoms with Crippen LogP contribution >= 0.6 is 0 Å². The normalized spacial score (nSPS) is 55.4. The molecular weight excluding hydrogens is 292 g/mol. The molecule has 4 saturated carbocycles. The maximum atomic E-state index is 10.2. The molecule has 138 valence electrons. The van der Waals surface area contributed by atoms with Gasteiger partial charge >= 0.3 is 0 Å². The minimum Gasteiger partial charge on any atom is -0.393 e. The lowest BCUT2D eigenvalue weighted by molar-refractivity contribution is -0.129. The van der Waals surface area contributed by atoms with Crippen LogP contribution in [0.25, 0.3) is 0 Å². The van der Waals surface area contributed by atoms with Gasteiger partial charge in [-0.3, -0.25) is 0 Å². The van der Waals surface area contributed by atoms with Crippen molar-refractivity contribution in [1.29, 1.82) is 0 Å². The van der Waals surface area contributed by atoms with Gasteiger partial charge in [0.15, 0.2) is 0 Å². The highest BCUT2D eigenvalue weighted by Gasteiger charge is 2.60. The second-order valence-electron chi connectivity index (χ2n) is 10.7. The number of hydrogen-bond acceptors (Lipinski definition) is 1. The van der Waals surface area contributed by atoms with Crippen molar-refractivity contribution in [3.63, 3.8) is 0 Å². The first-order valence-corrected chi connectivity index (χ1v) is 11.1. The highest BCUT2D eigenvalue weighted by Crippen LogP contribution is 2.68. The van der Waals surface area contributed by atoms with Crippen LogP contribution in [0, 0.1) is 46.3 Å². The molecule has 1 nitrogen and oxygen atoms in total. The summed E-state index contributed by atoms with van der Waals surface area (Å²) in [5, 5.41) is 10.2. The van der Waals surface area contributed by atoms with Crippen LogP contribution in [0.2, 0.25) is 0 Å². The topological polar surface area (TPSA) is 20.2 Å². The number of hydrogen-bond donors (Lipinski definition) is 1. The van der Waals surface area contributed by atoms with Crippen LogP contribution in [-0.4, -0.2) is 11.2 Å². The molecule has 1 heteroatoms. The van der Waals surface area contributed by atoms with Crippen LogP contribution in [0.15, 0.2) is 0 Å². The van der Waals surface area contributed by atoms with E-state index in [1.54, 1.807) is 0 Å². The lowest BCUT2D eigenvalue weighted by Gasteiger charge is -2.61. The molecule has 0 saturated heterocycles. The average Bonchev–Trinajstić information content (AvgIpc) is 2.92. The molecule has 0 spiro atoms. The van der Waals surface area contributed by atoms with Crippen molar-refractivity contribution >= 4 is 0 Å². The van der Waals surface area contributed by atoms with Crippen LogP contribution in [0.4, 0.5) is 0 Å². The fourth-order valence-electron chi connectivity index (χ4n) is 8.50. The number of aliphatic hydroxyl groups excluding tert-OH is 1. The van der Waals surface area contributed by atoms with Crippen LogP contribution in [0.5, 0.6) is 0 Å². The van der Waals surface area contributed by atoms with E-state index in [0.717, 1.165) is 48.3 Å². The van der Waals surface area contributed by atoms with E-state index in [0.29, 0.717) is 10.8 Å². The van der Waals surface area contributed by atoms with Gasteiger partial charge in [0.1, 0.15) is 0 Å². The SMILES string of the molecule is CC[C@@H](C)C1CCC2C3CCC4CC(O)CCC4(C)C3CCC21C. The first-order chi connectivity index (χ1) is 11.4. The van der Waals surface area contributed by atoms with Crippen molar-refractivity contribution in [3.05, 3.63) is 0 Å². The van der Waals surface area contributed by atoms with E-state index in [1.165, 1.54) is 51.4 Å². The second-order valence-corrected chi connectivity index (χ2v) is 10.7. The molecule has 24 heavy (non-hydrogen) atoms. The fourth-order valence-corrected chi connectivity index (χ4v) is 8.50. The highest BCUT2D eigenvalue weighted by molar-refractivity contribution is 5.09. The predicted octanol–water partition coefficient (Wildman–Crippen LogP) is 6.05. The summed E-state index contributed by atoms with van der Waals surface area (Å²) in [5.41, 5.74) is 1.17. The van der Waals surface area contributed by atoms with Crippen LogP contribution in [-0.2, 0) is 0 Å². The van der Waals surface area contributed by atoms with E-state index in [-0.39, 0.29) is 6.10 Å². The van der Waals surface area contributed by atoms with Crippen molar-refractivity contribution in [2.75, 3.05) is 0 Å². The maximum absolute atomic E-state index is 10.2. The highest BCUT2D eigenvalue weighted by atomic mass is 16.3. The Morgan fingerprint density at radius 1 is 0.917 bits per heavy atom. The summed E-state index contributed by atoms with van der Waals surface area (Å²) in [6, 6.07) is 0. The lowest BCUT2D eigenvalue weighted by atomic mass is 9.44. The van der Waals surface area contributed by atoms with Gasteiger partial charge in [-0.2, -0.15) is 0 Å². The van der Waals surface area contributed by atoms with Gasteiger partial charge in [0.25, 0.3) is 0 Å². The van der Waals surface area contributed by atoms with E-state index in [2.05, 4.69) is 27.7 Å². The van der Waals surface area contributed by atoms with Gasteiger partial charge in [-0.15, -0.1) is 0 Å². The smallest absolute Gasteiger partial charge is 0.0543 e. The summed E-state index contributed by atoms with van der Waals surface area (Å²) < 4.78 is 0. The molecule has 0 aromatic heterocycles. The van der Waals surface area contributed by atoms with Crippen molar-refractivity contribution in [3.8, 4) is 0 Å². The average molecular weight is 333 g/mol. The third-order valence-electron chi connectivity index (χ3n) is 10.0. The Labute approximate surface area is 150 Å². The van der Waals surface area contributed by atoms with Crippen LogP contribution < -0.4 is 0 Å². The zero-order valence-electron chi connectivity index (χ0n) is 16.6. The van der Waals surface area contributed by atoms with Crippen molar-refractivity contribution < 1.29 is 5.11 Å². The monoisotopic (exact) mass is 332 g/mol. The molecule has 4 fully saturated rings. The lowest BCUT2D eigenvalue weighted by Crippen LogP contribution is -2.54. The summed E-state index contributed by atoms with van der Waals surface area (Å²) in [6.07, 6.45) is 13.6. The Kier molecular flexibility index (Phi) is 4.34. The molecule has 8 unspecified atom stereocenters. The summed E-state index contributed by atoms with van der Waals surface area (Å²) in [4.78, 5) is 0. The van der Waals surface area contributed by atoms with Crippen molar-refractivity contribution in [1.82, 2.24) is 0 Å². The van der Waals surface area contributed by atoms with E-state index >= 15 is 0 Å². The van der Waals surface area contributed by atoms with E-state index in [4.69, 9.17) is 0 Å². The second kappa shape index (κ2) is 6.00. The molecule has 1 N–H and O–H groups in total. The minimum atomic E-state index is -0.00486. The quantitative estimate of drug-likeness (QED) is 0.652. The molecule has 0 aromatic carbocycles. The Balaban J connectivity index is 1.59. The molecular formula is C23H40O. The number of fused-ring (bicyclic) bond motifs is 5. The Morgan fingerprint density at radius 3 is 2.38 bits per heavy atom. The number of aliphatic hydroxyl groups is 1. The molecule has 0 bridgehead atoms. The molecule has 0 amide bonds. The van der Waals surface area contributed by atoms with Gasteiger partial charge in [-0.25, -0.2) is 0 Å². The largest absolute Gasteiger partial charge is 0.393 e. The molecule has 0 heterocycles. The molecule has 4 rings (SSSR count). The van der Waals surface area contributed by atoms with Gasteiger partial charge in [0.05, 0.1) is 6.10 Å². The summed E-state index contributed by atoms with van der Waals surface area (Å²) in [7, 11) is 0. The summed E-state index contributed by atoms with van der Waals surface area (Å²) in [6.45, 7) is 10.2. The Bertz CT molecular complexity index is 473. The van der Waals surface area contributed by atoms with Gasteiger partial charge in [0, 0.05) is 0 Å². The third kappa shape index (κ3) is 2.36. The van der Waals surface area contributed by atoms with Gasteiger partial charge in [-0.05, 0) is 104 Å². The van der Waals surface area contributed by atoms with E-state index < -0.39 is 0 Å². The molecule has 9 atom stereocenters. The van der Waals surface area contributed by atoms with Crippen molar-refractivity contribution in [2.24, 2.45) is 46.3 Å². The summed E-state index contributed by atoms with van der Waals surface area (Å²) >= 11 is 0. The molecule has 4 aliphatic rings. The first-order valence-electron chi connectivity index (χ1n) is 11.1. The summed E-state index contributed by atoms with van der Waals surface area (Å²) in [5.74, 6) is 5.64. The third-order valence-corrected chi connectivity index (χ3v) is 10.0. The predicted molar refractivity (Wildman–Crippen MR) is 101 cm³/mol. The number of rotatable bonds is 2. The van der Waals surface area contributed by atoms with Gasteiger partial charge in [-0.1, -0.05) is 34.1 Å². The molecule has 0 aromatic rings. The van der Waals surface area contributed by atoms with E-state index in [9.17, 15) is 5.11 Å². The fraction of sp³-hybridized carbons (Fsp3) is 1.00. The Morgan fingerprint density at radius 2 is 1.62 bits per heavy atom. The van der Waals surface area contributed by atoms with Crippen LogP contribution in [0.1, 0.15) is 91.9 Å². The van der Waals surface area contributed by atoms with Gasteiger partial charge < -0.3 is 5.11 Å². The maximum Gasteiger partial charge on any atom is 0.0543 e. The molecule has 0 aliphatic heterocycles. The molecule has 0 radical (unpaired) electrons. The van der Waals surface area contributed by atoms with Gasteiger partial charge in [0.2, 0.25) is 0 Å². The van der Waals surface area contributed by atoms with E-state index in [1.807, 2.05) is 0 Å². The first kappa shape index (κ1) is 17.4.